The van der Waals surface area contributed by atoms with Crippen molar-refractivity contribution >= 4 is 23.4 Å². The van der Waals surface area contributed by atoms with Gasteiger partial charge in [0.1, 0.15) is 0 Å². The first-order chi connectivity index (χ1) is 10.5. The second-order valence-electron chi connectivity index (χ2n) is 5.06. The lowest BCUT2D eigenvalue weighted by atomic mass is 10.0. The summed E-state index contributed by atoms with van der Waals surface area (Å²) in [6.45, 7) is -0.00916. The average molecular weight is 317 g/mol. The fraction of sp³-hybridized carbons (Fsp3) is 0.176. The number of nitrogens with one attached hydrogen (secondary N) is 1. The van der Waals surface area contributed by atoms with E-state index in [2.05, 4.69) is 5.32 Å². The molecule has 22 heavy (non-hydrogen) atoms. The summed E-state index contributed by atoms with van der Waals surface area (Å²) in [4.78, 5) is 24.8. The number of benzene rings is 2. The van der Waals surface area contributed by atoms with Crippen LogP contribution in [-0.4, -0.2) is 37.4 Å². The number of carbonyl (C=O) groups is 2. The molecule has 2 amide bonds. The maximum absolute atomic E-state index is 12.0. The summed E-state index contributed by atoms with van der Waals surface area (Å²) in [5, 5.41) is 3.28. The summed E-state index contributed by atoms with van der Waals surface area (Å²) in [7, 11) is 3.30. The van der Waals surface area contributed by atoms with Crippen LogP contribution >= 0.6 is 11.6 Å². The largest absolute Gasteiger partial charge is 0.347 e. The molecule has 0 aliphatic rings. The predicted octanol–water partition coefficient (Wildman–Crippen LogP) is 2.83. The Kier molecular flexibility index (Phi) is 5.17. The molecule has 0 atom stereocenters. The zero-order valence-electron chi connectivity index (χ0n) is 12.5. The van der Waals surface area contributed by atoms with Gasteiger partial charge in [0.05, 0.1) is 6.54 Å². The van der Waals surface area contributed by atoms with Crippen molar-refractivity contribution < 1.29 is 9.59 Å². The fourth-order valence-corrected chi connectivity index (χ4v) is 2.00. The molecule has 0 radical (unpaired) electrons. The third kappa shape index (κ3) is 4.09. The minimum absolute atomic E-state index is 0.00916. The first-order valence-electron chi connectivity index (χ1n) is 6.82. The highest BCUT2D eigenvalue weighted by atomic mass is 35.5. The van der Waals surface area contributed by atoms with Gasteiger partial charge in [-0.2, -0.15) is 0 Å². The number of amides is 2. The second kappa shape index (κ2) is 7.09. The van der Waals surface area contributed by atoms with Gasteiger partial charge in [-0.3, -0.25) is 9.59 Å². The lowest BCUT2D eigenvalue weighted by Crippen LogP contribution is -2.36. The Bertz CT molecular complexity index is 664. The van der Waals surface area contributed by atoms with Crippen molar-refractivity contribution in [1.29, 1.82) is 0 Å². The standard InChI is InChI=1S/C17H17ClN2O2/c1-20(2)16(21)11-19-17(22)14-5-3-12(4-6-14)13-7-9-15(18)10-8-13/h3-10H,11H2,1-2H3,(H,19,22). The Morgan fingerprint density at radius 3 is 1.95 bits per heavy atom. The molecule has 1 N–H and O–H groups in total. The van der Waals surface area contributed by atoms with Gasteiger partial charge in [-0.1, -0.05) is 35.9 Å². The quantitative estimate of drug-likeness (QED) is 0.943. The summed E-state index contributed by atoms with van der Waals surface area (Å²) >= 11 is 5.86. The van der Waals surface area contributed by atoms with E-state index >= 15 is 0 Å². The second-order valence-corrected chi connectivity index (χ2v) is 5.49. The highest BCUT2D eigenvalue weighted by Crippen LogP contribution is 2.21. The van der Waals surface area contributed by atoms with E-state index < -0.39 is 0 Å². The highest BCUT2D eigenvalue weighted by molar-refractivity contribution is 6.30. The number of nitrogens with zero attached hydrogens (tertiary/aromatic N) is 1. The first-order valence-corrected chi connectivity index (χ1v) is 7.19. The van der Waals surface area contributed by atoms with Gasteiger partial charge in [-0.05, 0) is 35.4 Å². The molecule has 0 unspecified atom stereocenters. The summed E-state index contributed by atoms with van der Waals surface area (Å²) < 4.78 is 0. The van der Waals surface area contributed by atoms with Gasteiger partial charge in [0.25, 0.3) is 5.91 Å². The molecule has 0 spiro atoms. The van der Waals surface area contributed by atoms with Crippen LogP contribution in [0.1, 0.15) is 10.4 Å². The van der Waals surface area contributed by atoms with Gasteiger partial charge in [-0.15, -0.1) is 0 Å². The summed E-state index contributed by atoms with van der Waals surface area (Å²) in [5.74, 6) is -0.413. The predicted molar refractivity (Wildman–Crippen MR) is 87.9 cm³/mol. The minimum atomic E-state index is -0.266. The van der Waals surface area contributed by atoms with Gasteiger partial charge in [0.2, 0.25) is 5.91 Å². The molecular weight excluding hydrogens is 300 g/mol. The van der Waals surface area contributed by atoms with Crippen molar-refractivity contribution in [2.24, 2.45) is 0 Å². The Hall–Kier alpha value is -2.33. The lowest BCUT2D eigenvalue weighted by Gasteiger charge is -2.11. The SMILES string of the molecule is CN(C)C(=O)CNC(=O)c1ccc(-c2ccc(Cl)cc2)cc1. The molecule has 2 aromatic carbocycles. The van der Waals surface area contributed by atoms with Gasteiger partial charge in [0, 0.05) is 24.7 Å². The number of likely N-dealkylation sites (N-methyl/N-ethyl adjacent to an activating group) is 1. The van der Waals surface area contributed by atoms with E-state index in [0.717, 1.165) is 11.1 Å². The monoisotopic (exact) mass is 316 g/mol. The third-order valence-electron chi connectivity index (χ3n) is 3.22. The van der Waals surface area contributed by atoms with Crippen LogP contribution in [0.15, 0.2) is 48.5 Å². The number of hydrogen-bond acceptors (Lipinski definition) is 2. The molecule has 0 fully saturated rings. The van der Waals surface area contributed by atoms with E-state index in [-0.39, 0.29) is 18.4 Å². The van der Waals surface area contributed by atoms with Crippen molar-refractivity contribution in [1.82, 2.24) is 10.2 Å². The molecule has 5 heteroatoms. The van der Waals surface area contributed by atoms with Gasteiger partial charge >= 0.3 is 0 Å². The number of rotatable bonds is 4. The zero-order valence-corrected chi connectivity index (χ0v) is 13.2. The molecule has 114 valence electrons. The third-order valence-corrected chi connectivity index (χ3v) is 3.48. The van der Waals surface area contributed by atoms with E-state index in [1.807, 2.05) is 36.4 Å². The summed E-state index contributed by atoms with van der Waals surface area (Å²) in [6.07, 6.45) is 0. The smallest absolute Gasteiger partial charge is 0.251 e. The van der Waals surface area contributed by atoms with Crippen LogP contribution in [-0.2, 0) is 4.79 Å². The number of hydrogen-bond donors (Lipinski definition) is 1. The zero-order chi connectivity index (χ0) is 16.1. The Labute approximate surface area is 134 Å². The van der Waals surface area contributed by atoms with E-state index in [9.17, 15) is 9.59 Å². The number of carbonyl (C=O) groups excluding carboxylic acids is 2. The van der Waals surface area contributed by atoms with Crippen molar-refractivity contribution in [3.05, 3.63) is 59.1 Å². The van der Waals surface area contributed by atoms with Crippen molar-refractivity contribution in [3.63, 3.8) is 0 Å². The van der Waals surface area contributed by atoms with Crippen LogP contribution in [0.5, 0.6) is 0 Å². The van der Waals surface area contributed by atoms with E-state index in [1.54, 1.807) is 26.2 Å². The highest BCUT2D eigenvalue weighted by Gasteiger charge is 2.09. The normalized spacial score (nSPS) is 10.1. The van der Waals surface area contributed by atoms with Crippen molar-refractivity contribution in [2.75, 3.05) is 20.6 Å². The molecule has 0 bridgehead atoms. The van der Waals surface area contributed by atoms with Crippen LogP contribution < -0.4 is 5.32 Å². The molecule has 2 rings (SSSR count). The van der Waals surface area contributed by atoms with Gasteiger partial charge < -0.3 is 10.2 Å². The molecule has 0 heterocycles. The van der Waals surface area contributed by atoms with Crippen molar-refractivity contribution in [3.8, 4) is 11.1 Å². The van der Waals surface area contributed by atoms with E-state index in [4.69, 9.17) is 11.6 Å². The van der Waals surface area contributed by atoms with E-state index in [1.165, 1.54) is 4.90 Å². The number of halogens is 1. The fourth-order valence-electron chi connectivity index (χ4n) is 1.87. The Morgan fingerprint density at radius 2 is 1.45 bits per heavy atom. The molecule has 0 aliphatic carbocycles. The Morgan fingerprint density at radius 1 is 0.955 bits per heavy atom. The minimum Gasteiger partial charge on any atom is -0.347 e. The van der Waals surface area contributed by atoms with Gasteiger partial charge in [-0.25, -0.2) is 0 Å². The van der Waals surface area contributed by atoms with Crippen LogP contribution in [0.3, 0.4) is 0 Å². The van der Waals surface area contributed by atoms with Crippen LogP contribution in [0, 0.1) is 0 Å². The van der Waals surface area contributed by atoms with Gasteiger partial charge in [0.15, 0.2) is 0 Å². The molecular formula is C17H17ClN2O2. The molecule has 4 nitrogen and oxygen atoms in total. The van der Waals surface area contributed by atoms with Crippen LogP contribution in [0.4, 0.5) is 0 Å². The average Bonchev–Trinajstić information content (AvgIpc) is 2.53. The van der Waals surface area contributed by atoms with E-state index in [0.29, 0.717) is 10.6 Å². The van der Waals surface area contributed by atoms with Crippen molar-refractivity contribution in [2.45, 2.75) is 0 Å². The topological polar surface area (TPSA) is 49.4 Å². The molecule has 0 saturated carbocycles. The summed E-state index contributed by atoms with van der Waals surface area (Å²) in [6, 6.07) is 14.7. The molecule has 0 aromatic heterocycles. The Balaban J connectivity index is 2.03. The molecule has 2 aromatic rings. The maximum Gasteiger partial charge on any atom is 0.251 e. The maximum atomic E-state index is 12.0. The molecule has 0 aliphatic heterocycles. The summed E-state index contributed by atoms with van der Waals surface area (Å²) in [5.41, 5.74) is 2.54. The van der Waals surface area contributed by atoms with Crippen LogP contribution in [0.25, 0.3) is 11.1 Å². The van der Waals surface area contributed by atoms with Crippen LogP contribution in [0.2, 0.25) is 5.02 Å². The first kappa shape index (κ1) is 16.0. The lowest BCUT2D eigenvalue weighted by molar-refractivity contribution is -0.127. The molecule has 0 saturated heterocycles.